The summed E-state index contributed by atoms with van der Waals surface area (Å²) >= 11 is 0. The first-order valence-corrected chi connectivity index (χ1v) is 4.80. The Morgan fingerprint density at radius 1 is 1.56 bits per heavy atom. The highest BCUT2D eigenvalue weighted by Gasteiger charge is 2.17. The van der Waals surface area contributed by atoms with E-state index < -0.39 is 11.8 Å². The van der Waals surface area contributed by atoms with Crippen LogP contribution in [0.1, 0.15) is 17.3 Å². The molecule has 0 atom stereocenters. The van der Waals surface area contributed by atoms with Gasteiger partial charge in [-0.05, 0) is 19.1 Å². The third kappa shape index (κ3) is 2.59. The summed E-state index contributed by atoms with van der Waals surface area (Å²) in [4.78, 5) is 12.6. The fraction of sp³-hybridized carbons (Fsp3) is 0.250. The van der Waals surface area contributed by atoms with Crippen LogP contribution < -0.4 is 4.90 Å². The van der Waals surface area contributed by atoms with Crippen molar-refractivity contribution in [2.24, 2.45) is 0 Å². The van der Waals surface area contributed by atoms with Gasteiger partial charge < -0.3 is 10.0 Å². The van der Waals surface area contributed by atoms with E-state index in [1.54, 1.807) is 18.0 Å². The van der Waals surface area contributed by atoms with Crippen molar-refractivity contribution in [2.45, 2.75) is 6.92 Å². The van der Waals surface area contributed by atoms with E-state index in [4.69, 9.17) is 5.11 Å². The lowest BCUT2D eigenvalue weighted by Gasteiger charge is -2.21. The molecule has 0 fully saturated rings. The van der Waals surface area contributed by atoms with Crippen LogP contribution >= 0.6 is 0 Å². The van der Waals surface area contributed by atoms with Gasteiger partial charge in [-0.1, -0.05) is 18.2 Å². The summed E-state index contributed by atoms with van der Waals surface area (Å²) in [6, 6.07) is 4.21. The number of carboxylic acid groups (broad SMARTS) is 1. The maximum Gasteiger partial charge on any atom is 0.340 e. The van der Waals surface area contributed by atoms with Crippen LogP contribution in [0.5, 0.6) is 0 Å². The number of aromatic carboxylic acids is 1. The summed E-state index contributed by atoms with van der Waals surface area (Å²) in [7, 11) is 1.70. The van der Waals surface area contributed by atoms with Crippen LogP contribution in [0.4, 0.5) is 10.1 Å². The van der Waals surface area contributed by atoms with Gasteiger partial charge in [-0.3, -0.25) is 0 Å². The monoisotopic (exact) mass is 223 g/mol. The molecule has 1 aromatic rings. The average Bonchev–Trinajstić information content (AvgIpc) is 2.15. The van der Waals surface area contributed by atoms with Gasteiger partial charge in [-0.25, -0.2) is 9.18 Å². The van der Waals surface area contributed by atoms with Crippen LogP contribution in [0.25, 0.3) is 0 Å². The molecule has 0 unspecified atom stereocenters. The summed E-state index contributed by atoms with van der Waals surface area (Å²) in [6.07, 6.45) is 0. The van der Waals surface area contributed by atoms with E-state index in [9.17, 15) is 9.18 Å². The number of carbonyl (C=O) groups is 1. The molecule has 0 amide bonds. The molecule has 0 spiro atoms. The Balaban J connectivity index is 3.17. The van der Waals surface area contributed by atoms with Crippen LogP contribution in [0, 0.1) is 5.82 Å². The van der Waals surface area contributed by atoms with Gasteiger partial charge in [-0.15, -0.1) is 0 Å². The molecule has 1 N–H and O–H groups in total. The highest BCUT2D eigenvalue weighted by atomic mass is 19.1. The van der Waals surface area contributed by atoms with Crippen LogP contribution in [0.2, 0.25) is 0 Å². The first-order chi connectivity index (χ1) is 7.43. The molecule has 16 heavy (non-hydrogen) atoms. The van der Waals surface area contributed by atoms with Crippen molar-refractivity contribution in [1.82, 2.24) is 0 Å². The van der Waals surface area contributed by atoms with Crippen molar-refractivity contribution >= 4 is 11.7 Å². The van der Waals surface area contributed by atoms with Crippen molar-refractivity contribution in [3.63, 3.8) is 0 Å². The molecule has 0 aliphatic heterocycles. The van der Waals surface area contributed by atoms with Crippen LogP contribution in [-0.2, 0) is 0 Å². The van der Waals surface area contributed by atoms with Gasteiger partial charge >= 0.3 is 5.97 Å². The summed E-state index contributed by atoms with van der Waals surface area (Å²) in [6.45, 7) is 6.05. The number of likely N-dealkylation sites (N-methyl/N-ethyl adjacent to an activating group) is 1. The minimum atomic E-state index is -1.26. The van der Waals surface area contributed by atoms with E-state index >= 15 is 0 Å². The summed E-state index contributed by atoms with van der Waals surface area (Å²) in [5.41, 5.74) is 0.935. The minimum Gasteiger partial charge on any atom is -0.478 e. The minimum absolute atomic E-state index is 0.300. The topological polar surface area (TPSA) is 40.5 Å². The van der Waals surface area contributed by atoms with E-state index in [-0.39, 0.29) is 5.56 Å². The number of rotatable bonds is 4. The second kappa shape index (κ2) is 4.79. The fourth-order valence-electron chi connectivity index (χ4n) is 1.53. The second-order valence-corrected chi connectivity index (χ2v) is 3.75. The molecule has 86 valence electrons. The molecule has 0 heterocycles. The summed E-state index contributed by atoms with van der Waals surface area (Å²) < 4.78 is 13.4. The first-order valence-electron chi connectivity index (χ1n) is 4.80. The lowest BCUT2D eigenvalue weighted by Crippen LogP contribution is -2.22. The Bertz CT molecular complexity index is 429. The maximum absolute atomic E-state index is 13.4. The highest BCUT2D eigenvalue weighted by molar-refractivity contribution is 5.94. The van der Waals surface area contributed by atoms with Gasteiger partial charge in [0.1, 0.15) is 11.4 Å². The Kier molecular flexibility index (Phi) is 3.66. The van der Waals surface area contributed by atoms with Crippen molar-refractivity contribution in [1.29, 1.82) is 0 Å². The Morgan fingerprint density at radius 3 is 2.69 bits per heavy atom. The number of benzene rings is 1. The predicted molar refractivity (Wildman–Crippen MR) is 61.4 cm³/mol. The van der Waals surface area contributed by atoms with Gasteiger partial charge in [0, 0.05) is 13.6 Å². The molecule has 0 radical (unpaired) electrons. The number of hydrogen-bond donors (Lipinski definition) is 1. The van der Waals surface area contributed by atoms with Crippen LogP contribution in [0.3, 0.4) is 0 Å². The van der Waals surface area contributed by atoms with E-state index in [1.807, 2.05) is 6.92 Å². The predicted octanol–water partition coefficient (Wildman–Crippen LogP) is 2.54. The molecule has 0 saturated heterocycles. The van der Waals surface area contributed by atoms with Gasteiger partial charge in [0.25, 0.3) is 0 Å². The molecule has 0 aliphatic carbocycles. The fourth-order valence-corrected chi connectivity index (χ4v) is 1.53. The third-order valence-corrected chi connectivity index (χ3v) is 2.12. The molecule has 0 aliphatic rings. The SMILES string of the molecule is C=C(C)CN(C)c1cccc(F)c1C(=O)O. The Morgan fingerprint density at radius 2 is 2.19 bits per heavy atom. The van der Waals surface area contributed by atoms with Gasteiger partial charge in [0.2, 0.25) is 0 Å². The van der Waals surface area contributed by atoms with Gasteiger partial charge in [0.15, 0.2) is 0 Å². The molecule has 0 saturated carbocycles. The van der Waals surface area contributed by atoms with Crippen LogP contribution in [0.15, 0.2) is 30.4 Å². The van der Waals surface area contributed by atoms with E-state index in [1.165, 1.54) is 6.07 Å². The quantitative estimate of drug-likeness (QED) is 0.797. The van der Waals surface area contributed by atoms with Crippen LogP contribution in [-0.4, -0.2) is 24.7 Å². The number of anilines is 1. The smallest absolute Gasteiger partial charge is 0.340 e. The Labute approximate surface area is 93.8 Å². The second-order valence-electron chi connectivity index (χ2n) is 3.75. The number of halogens is 1. The molecular weight excluding hydrogens is 209 g/mol. The van der Waals surface area contributed by atoms with E-state index in [2.05, 4.69) is 6.58 Å². The summed E-state index contributed by atoms with van der Waals surface area (Å²) in [5, 5.41) is 8.94. The van der Waals surface area contributed by atoms with E-state index in [0.29, 0.717) is 12.2 Å². The maximum atomic E-state index is 13.4. The number of carboxylic acids is 1. The number of hydrogen-bond acceptors (Lipinski definition) is 2. The zero-order valence-electron chi connectivity index (χ0n) is 9.33. The lowest BCUT2D eigenvalue weighted by atomic mass is 10.1. The standard InChI is InChI=1S/C12H14FNO2/c1-8(2)7-14(3)10-6-4-5-9(13)11(10)12(15)16/h4-6H,1,7H2,2-3H3,(H,15,16). The molecule has 1 rings (SSSR count). The molecule has 1 aromatic carbocycles. The third-order valence-electron chi connectivity index (χ3n) is 2.12. The van der Waals surface area contributed by atoms with Gasteiger partial charge in [0.05, 0.1) is 5.69 Å². The summed E-state index contributed by atoms with van der Waals surface area (Å²) in [5.74, 6) is -1.99. The zero-order valence-corrected chi connectivity index (χ0v) is 9.33. The van der Waals surface area contributed by atoms with Gasteiger partial charge in [-0.2, -0.15) is 0 Å². The van der Waals surface area contributed by atoms with Crippen molar-refractivity contribution in [3.8, 4) is 0 Å². The normalized spacial score (nSPS) is 9.94. The van der Waals surface area contributed by atoms with Crippen molar-refractivity contribution in [3.05, 3.63) is 41.7 Å². The zero-order chi connectivity index (χ0) is 12.3. The lowest BCUT2D eigenvalue weighted by molar-refractivity contribution is 0.0692. The average molecular weight is 223 g/mol. The molecule has 3 nitrogen and oxygen atoms in total. The highest BCUT2D eigenvalue weighted by Crippen LogP contribution is 2.22. The molecule has 4 heteroatoms. The van der Waals surface area contributed by atoms with E-state index in [0.717, 1.165) is 11.6 Å². The number of nitrogens with zero attached hydrogens (tertiary/aromatic N) is 1. The molecule has 0 aromatic heterocycles. The Hall–Kier alpha value is -1.84. The molecular formula is C12H14FNO2. The molecule has 0 bridgehead atoms. The first kappa shape index (κ1) is 12.2. The van der Waals surface area contributed by atoms with Crippen molar-refractivity contribution in [2.75, 3.05) is 18.5 Å². The van der Waals surface area contributed by atoms with Crippen molar-refractivity contribution < 1.29 is 14.3 Å². The largest absolute Gasteiger partial charge is 0.478 e.